The quantitative estimate of drug-likeness (QED) is 0.548. The van der Waals surface area contributed by atoms with Crippen molar-refractivity contribution in [1.82, 2.24) is 15.2 Å². The first-order valence-corrected chi connectivity index (χ1v) is 10.2. The molecule has 0 aliphatic carbocycles. The fraction of sp³-hybridized carbons (Fsp3) is 0.250. The average molecular weight is 401 g/mol. The van der Waals surface area contributed by atoms with E-state index in [4.69, 9.17) is 11.6 Å². The molecule has 1 heterocycles. The second-order valence-corrected chi connectivity index (χ2v) is 7.35. The highest BCUT2D eigenvalue weighted by Gasteiger charge is 2.12. The molecule has 2 N–H and O–H groups in total. The molecule has 1 aromatic heterocycles. The molecule has 0 fully saturated rings. The molecule has 0 saturated heterocycles. The third kappa shape index (κ3) is 4.90. The maximum Gasteiger partial charge on any atom is 0.234 e. The number of aromatic amines is 1. The van der Waals surface area contributed by atoms with Gasteiger partial charge in [0.1, 0.15) is 0 Å². The zero-order valence-electron chi connectivity index (χ0n) is 15.3. The molecule has 3 rings (SSSR count). The lowest BCUT2D eigenvalue weighted by Gasteiger charge is -2.14. The standard InChI is InChI=1S/C20H21ClN4OS/c1-3-13-6-5-7-14(4-2)18(13)22-17(26)12-27-20-23-19(24-25-20)15-8-10-16(21)11-9-15/h5-11H,3-4,12H2,1-2H3,(H,22,26)(H,23,24,25). The number of hydrogen-bond acceptors (Lipinski definition) is 4. The highest BCUT2D eigenvalue weighted by atomic mass is 35.5. The Morgan fingerprint density at radius 3 is 2.41 bits per heavy atom. The van der Waals surface area contributed by atoms with Crippen LogP contribution < -0.4 is 5.32 Å². The minimum absolute atomic E-state index is 0.0616. The third-order valence-electron chi connectivity index (χ3n) is 4.18. The van der Waals surface area contributed by atoms with E-state index in [-0.39, 0.29) is 11.7 Å². The molecule has 140 valence electrons. The van der Waals surface area contributed by atoms with Gasteiger partial charge in [-0.2, -0.15) is 0 Å². The van der Waals surface area contributed by atoms with Crippen LogP contribution in [0.15, 0.2) is 47.6 Å². The summed E-state index contributed by atoms with van der Waals surface area (Å²) in [6.45, 7) is 4.18. The summed E-state index contributed by atoms with van der Waals surface area (Å²) >= 11 is 7.21. The number of benzene rings is 2. The Hall–Kier alpha value is -2.31. The second kappa shape index (κ2) is 9.06. The van der Waals surface area contributed by atoms with Gasteiger partial charge in [0.2, 0.25) is 11.1 Å². The first kappa shape index (κ1) is 19.5. The Morgan fingerprint density at radius 1 is 1.11 bits per heavy atom. The Morgan fingerprint density at radius 2 is 1.78 bits per heavy atom. The van der Waals surface area contributed by atoms with E-state index in [0.29, 0.717) is 16.0 Å². The van der Waals surface area contributed by atoms with Crippen molar-refractivity contribution in [2.24, 2.45) is 0 Å². The molecular weight excluding hydrogens is 380 g/mol. The van der Waals surface area contributed by atoms with E-state index in [0.717, 1.165) is 35.2 Å². The number of amides is 1. The van der Waals surface area contributed by atoms with Crippen molar-refractivity contribution in [1.29, 1.82) is 0 Å². The molecule has 0 bridgehead atoms. The van der Waals surface area contributed by atoms with Crippen LogP contribution in [0.5, 0.6) is 0 Å². The third-order valence-corrected chi connectivity index (χ3v) is 5.28. The minimum Gasteiger partial charge on any atom is -0.325 e. The van der Waals surface area contributed by atoms with E-state index in [9.17, 15) is 4.79 Å². The van der Waals surface area contributed by atoms with Crippen LogP contribution >= 0.6 is 23.4 Å². The summed E-state index contributed by atoms with van der Waals surface area (Å²) in [4.78, 5) is 16.9. The van der Waals surface area contributed by atoms with Crippen molar-refractivity contribution in [2.45, 2.75) is 31.8 Å². The minimum atomic E-state index is -0.0616. The Bertz CT molecular complexity index is 902. The van der Waals surface area contributed by atoms with Gasteiger partial charge in [-0.05, 0) is 48.2 Å². The van der Waals surface area contributed by atoms with Gasteiger partial charge < -0.3 is 5.32 Å². The SMILES string of the molecule is CCc1cccc(CC)c1NC(=O)CSc1n[nH]c(-c2ccc(Cl)cc2)n1. The number of thioether (sulfide) groups is 1. The summed E-state index contributed by atoms with van der Waals surface area (Å²) < 4.78 is 0. The van der Waals surface area contributed by atoms with Crippen molar-refractivity contribution in [3.63, 3.8) is 0 Å². The fourth-order valence-electron chi connectivity index (χ4n) is 2.76. The number of hydrogen-bond donors (Lipinski definition) is 2. The molecule has 5 nitrogen and oxygen atoms in total. The van der Waals surface area contributed by atoms with Crippen LogP contribution in [0.3, 0.4) is 0 Å². The van der Waals surface area contributed by atoms with Crippen LogP contribution in [0, 0.1) is 0 Å². The molecule has 0 radical (unpaired) electrons. The van der Waals surface area contributed by atoms with Crippen LogP contribution in [0.2, 0.25) is 5.02 Å². The van der Waals surface area contributed by atoms with E-state index in [2.05, 4.69) is 46.5 Å². The van der Waals surface area contributed by atoms with Gasteiger partial charge in [0.15, 0.2) is 5.82 Å². The molecule has 0 unspecified atom stereocenters. The molecule has 0 atom stereocenters. The molecule has 0 aliphatic heterocycles. The number of aryl methyl sites for hydroxylation is 2. The summed E-state index contributed by atoms with van der Waals surface area (Å²) in [7, 11) is 0. The number of nitrogens with one attached hydrogen (secondary N) is 2. The van der Waals surface area contributed by atoms with Crippen LogP contribution in [-0.4, -0.2) is 26.8 Å². The van der Waals surface area contributed by atoms with Crippen LogP contribution in [0.4, 0.5) is 5.69 Å². The largest absolute Gasteiger partial charge is 0.325 e. The molecule has 0 aliphatic rings. The topological polar surface area (TPSA) is 70.7 Å². The lowest BCUT2D eigenvalue weighted by molar-refractivity contribution is -0.113. The van der Waals surface area contributed by atoms with Crippen LogP contribution in [0.1, 0.15) is 25.0 Å². The Balaban J connectivity index is 1.63. The zero-order valence-corrected chi connectivity index (χ0v) is 16.8. The Labute approximate surface area is 167 Å². The number of carbonyl (C=O) groups excluding carboxylic acids is 1. The number of carbonyl (C=O) groups is 1. The van der Waals surface area contributed by atoms with Crippen LogP contribution in [0.25, 0.3) is 11.4 Å². The van der Waals surface area contributed by atoms with E-state index in [1.54, 1.807) is 12.1 Å². The number of H-pyrrole nitrogens is 1. The van der Waals surface area contributed by atoms with Gasteiger partial charge in [-0.1, -0.05) is 55.4 Å². The molecule has 0 spiro atoms. The van der Waals surface area contributed by atoms with Gasteiger partial charge in [0.05, 0.1) is 5.75 Å². The van der Waals surface area contributed by atoms with Gasteiger partial charge in [-0.3, -0.25) is 9.89 Å². The molecule has 2 aromatic carbocycles. The summed E-state index contributed by atoms with van der Waals surface area (Å²) in [6, 6.07) is 13.5. The van der Waals surface area contributed by atoms with Crippen molar-refractivity contribution in [2.75, 3.05) is 11.1 Å². The lowest BCUT2D eigenvalue weighted by Crippen LogP contribution is -2.16. The molecule has 3 aromatic rings. The molecule has 1 amide bonds. The van der Waals surface area contributed by atoms with E-state index in [1.807, 2.05) is 18.2 Å². The first-order chi connectivity index (χ1) is 13.1. The lowest BCUT2D eigenvalue weighted by atomic mass is 10.0. The van der Waals surface area contributed by atoms with Crippen LogP contribution in [-0.2, 0) is 17.6 Å². The van der Waals surface area contributed by atoms with Crippen molar-refractivity contribution in [3.05, 3.63) is 58.6 Å². The van der Waals surface area contributed by atoms with E-state index in [1.165, 1.54) is 11.8 Å². The highest BCUT2D eigenvalue weighted by molar-refractivity contribution is 7.99. The van der Waals surface area contributed by atoms with Crippen molar-refractivity contribution < 1.29 is 4.79 Å². The Kier molecular flexibility index (Phi) is 6.53. The average Bonchev–Trinajstić information content (AvgIpc) is 3.16. The maximum atomic E-state index is 12.4. The smallest absolute Gasteiger partial charge is 0.234 e. The maximum absolute atomic E-state index is 12.4. The normalized spacial score (nSPS) is 10.8. The van der Waals surface area contributed by atoms with Gasteiger partial charge in [-0.15, -0.1) is 5.10 Å². The fourth-order valence-corrected chi connectivity index (χ4v) is 3.48. The van der Waals surface area contributed by atoms with Gasteiger partial charge in [0, 0.05) is 16.3 Å². The summed E-state index contributed by atoms with van der Waals surface area (Å²) in [5.74, 6) is 0.840. The van der Waals surface area contributed by atoms with Crippen molar-refractivity contribution >= 4 is 35.0 Å². The number of rotatable bonds is 7. The number of aromatic nitrogens is 3. The number of para-hydroxylation sites is 1. The number of halogens is 1. The van der Waals surface area contributed by atoms with E-state index < -0.39 is 0 Å². The molecule has 0 saturated carbocycles. The van der Waals surface area contributed by atoms with Gasteiger partial charge in [-0.25, -0.2) is 4.98 Å². The molecule has 27 heavy (non-hydrogen) atoms. The zero-order chi connectivity index (χ0) is 19.2. The van der Waals surface area contributed by atoms with Crippen molar-refractivity contribution in [3.8, 4) is 11.4 Å². The highest BCUT2D eigenvalue weighted by Crippen LogP contribution is 2.24. The number of nitrogens with zero attached hydrogens (tertiary/aromatic N) is 2. The molecule has 7 heteroatoms. The summed E-state index contributed by atoms with van der Waals surface area (Å²) in [6.07, 6.45) is 1.75. The monoisotopic (exact) mass is 400 g/mol. The summed E-state index contributed by atoms with van der Waals surface area (Å²) in [5, 5.41) is 11.3. The summed E-state index contributed by atoms with van der Waals surface area (Å²) in [5.41, 5.74) is 4.13. The molecular formula is C20H21ClN4OS. The second-order valence-electron chi connectivity index (χ2n) is 5.97. The predicted molar refractivity (Wildman–Crippen MR) is 111 cm³/mol. The van der Waals surface area contributed by atoms with E-state index >= 15 is 0 Å². The first-order valence-electron chi connectivity index (χ1n) is 8.82. The number of anilines is 1. The van der Waals surface area contributed by atoms with Gasteiger partial charge >= 0.3 is 0 Å². The predicted octanol–water partition coefficient (Wildman–Crippen LogP) is 4.98. The van der Waals surface area contributed by atoms with Gasteiger partial charge in [0.25, 0.3) is 0 Å².